The second kappa shape index (κ2) is 9.48. The molecule has 1 aromatic heterocycles. The molecule has 0 bridgehead atoms. The molecule has 1 amide bonds. The number of anilines is 1. The number of hydrogen-bond donors (Lipinski definition) is 0. The maximum Gasteiger partial charge on any atom is 0.434 e. The van der Waals surface area contributed by atoms with Crippen molar-refractivity contribution >= 4 is 32.2 Å². The number of ether oxygens (including phenoxy) is 1. The first-order chi connectivity index (χ1) is 16.0. The summed E-state index contributed by atoms with van der Waals surface area (Å²) in [4.78, 5) is 19.4. The molecular weight excluding hydrogens is 524 g/mol. The number of halogens is 6. The van der Waals surface area contributed by atoms with E-state index in [-0.39, 0.29) is 46.6 Å². The third kappa shape index (κ3) is 6.18. The molecular formula is C20H21F6N3O4S2. The van der Waals surface area contributed by atoms with Gasteiger partial charge in [-0.25, -0.2) is 13.4 Å². The lowest BCUT2D eigenvalue weighted by Gasteiger charge is -2.35. The molecule has 2 heterocycles. The van der Waals surface area contributed by atoms with E-state index >= 15 is 0 Å². The van der Waals surface area contributed by atoms with Gasteiger partial charge in [-0.1, -0.05) is 0 Å². The van der Waals surface area contributed by atoms with Gasteiger partial charge in [-0.15, -0.1) is 11.3 Å². The molecule has 3 rings (SSSR count). The van der Waals surface area contributed by atoms with Crippen LogP contribution in [0.15, 0.2) is 23.1 Å². The molecule has 1 atom stereocenters. The summed E-state index contributed by atoms with van der Waals surface area (Å²) in [5, 5.41) is 0.143. The minimum Gasteiger partial charge on any atom is -0.480 e. The average molecular weight is 546 g/mol. The van der Waals surface area contributed by atoms with E-state index in [9.17, 15) is 39.6 Å². The highest BCUT2D eigenvalue weighted by Crippen LogP contribution is 2.37. The van der Waals surface area contributed by atoms with E-state index in [1.807, 2.05) is 0 Å². The third-order valence-electron chi connectivity index (χ3n) is 5.27. The second-order valence-electron chi connectivity index (χ2n) is 7.91. The summed E-state index contributed by atoms with van der Waals surface area (Å²) in [6, 6.07) is 3.01. The fourth-order valence-corrected chi connectivity index (χ4v) is 4.95. The number of thiazole rings is 1. The van der Waals surface area contributed by atoms with E-state index in [4.69, 9.17) is 4.74 Å². The fraction of sp³-hybridized carbons (Fsp3) is 0.500. The number of aryl methyl sites for hydroxylation is 1. The Bertz CT molecular complexity index is 1200. The van der Waals surface area contributed by atoms with Gasteiger partial charge in [-0.2, -0.15) is 26.3 Å². The van der Waals surface area contributed by atoms with Crippen LogP contribution in [-0.4, -0.2) is 68.9 Å². The number of alkyl halides is 6. The molecule has 35 heavy (non-hydrogen) atoms. The molecule has 0 N–H and O–H groups in total. The van der Waals surface area contributed by atoms with Crippen molar-refractivity contribution in [3.63, 3.8) is 0 Å². The van der Waals surface area contributed by atoms with Crippen molar-refractivity contribution in [1.29, 1.82) is 0 Å². The number of sulfone groups is 1. The quantitative estimate of drug-likeness (QED) is 0.525. The van der Waals surface area contributed by atoms with Gasteiger partial charge in [0, 0.05) is 37.3 Å². The Morgan fingerprint density at radius 3 is 2.20 bits per heavy atom. The molecule has 1 unspecified atom stereocenters. The molecule has 1 aromatic carbocycles. The lowest BCUT2D eigenvalue weighted by Crippen LogP contribution is -2.49. The molecule has 0 spiro atoms. The van der Waals surface area contributed by atoms with Gasteiger partial charge in [-0.3, -0.25) is 4.79 Å². The van der Waals surface area contributed by atoms with Crippen LogP contribution in [0.4, 0.5) is 31.5 Å². The topological polar surface area (TPSA) is 79.8 Å². The molecule has 1 aliphatic rings. The molecule has 1 fully saturated rings. The van der Waals surface area contributed by atoms with Gasteiger partial charge in [0.25, 0.3) is 5.91 Å². The SMILES string of the molecule is Cc1sc(N2CCN(C(=O)c3cc(S(C)(=O)=O)ccc3OC(C)C(F)(F)F)CC2)nc1C(F)(F)F. The Morgan fingerprint density at radius 2 is 1.71 bits per heavy atom. The van der Waals surface area contributed by atoms with Crippen LogP contribution in [0.3, 0.4) is 0 Å². The Morgan fingerprint density at radius 1 is 1.11 bits per heavy atom. The van der Waals surface area contributed by atoms with Crippen molar-refractivity contribution in [2.45, 2.75) is 37.2 Å². The first-order valence-electron chi connectivity index (χ1n) is 10.1. The summed E-state index contributed by atoms with van der Waals surface area (Å²) in [5.41, 5.74) is -1.34. The Hall–Kier alpha value is -2.55. The summed E-state index contributed by atoms with van der Waals surface area (Å²) in [7, 11) is -3.78. The standard InChI is InChI=1S/C20H21F6N3O4S2/c1-11-16(20(24,25)26)27-18(34-11)29-8-6-28(7-9-29)17(30)14-10-13(35(3,31)32)4-5-15(14)33-12(2)19(21,22)23/h4-5,10,12H,6-9H2,1-3H3. The van der Waals surface area contributed by atoms with Crippen LogP contribution in [0.25, 0.3) is 0 Å². The summed E-state index contributed by atoms with van der Waals surface area (Å²) in [5.74, 6) is -1.19. The average Bonchev–Trinajstić information content (AvgIpc) is 3.14. The summed E-state index contributed by atoms with van der Waals surface area (Å²) in [6.45, 7) is 2.35. The monoisotopic (exact) mass is 545 g/mol. The van der Waals surface area contributed by atoms with E-state index in [1.165, 1.54) is 11.8 Å². The maximum atomic E-state index is 13.2. The zero-order valence-corrected chi connectivity index (χ0v) is 20.3. The second-order valence-corrected chi connectivity index (χ2v) is 11.1. The molecule has 15 heteroatoms. The van der Waals surface area contributed by atoms with Crippen LogP contribution < -0.4 is 9.64 Å². The Labute approximate surface area is 201 Å². The summed E-state index contributed by atoms with van der Waals surface area (Å²) in [6.07, 6.45) is -10.7. The van der Waals surface area contributed by atoms with E-state index < -0.39 is 45.6 Å². The molecule has 1 saturated heterocycles. The van der Waals surface area contributed by atoms with Crippen LogP contribution >= 0.6 is 11.3 Å². The molecule has 2 aromatic rings. The molecule has 0 saturated carbocycles. The molecule has 1 aliphatic heterocycles. The van der Waals surface area contributed by atoms with Gasteiger partial charge in [0.15, 0.2) is 26.8 Å². The number of amides is 1. The lowest BCUT2D eigenvalue weighted by molar-refractivity contribution is -0.189. The highest BCUT2D eigenvalue weighted by Gasteiger charge is 2.39. The zero-order chi connectivity index (χ0) is 26.3. The van der Waals surface area contributed by atoms with Crippen molar-refractivity contribution in [3.05, 3.63) is 34.3 Å². The van der Waals surface area contributed by atoms with E-state index in [0.717, 1.165) is 42.7 Å². The smallest absolute Gasteiger partial charge is 0.434 e. The minimum atomic E-state index is -4.72. The van der Waals surface area contributed by atoms with E-state index in [0.29, 0.717) is 0 Å². The molecule has 0 aliphatic carbocycles. The Kier molecular flexibility index (Phi) is 7.33. The van der Waals surface area contributed by atoms with Crippen molar-refractivity contribution in [2.75, 3.05) is 37.3 Å². The number of hydrogen-bond acceptors (Lipinski definition) is 7. The number of carbonyl (C=O) groups excluding carboxylic acids is 1. The normalized spacial score (nSPS) is 16.4. The van der Waals surface area contributed by atoms with Gasteiger partial charge in [0.1, 0.15) is 5.75 Å². The predicted molar refractivity (Wildman–Crippen MR) is 116 cm³/mol. The number of carbonyl (C=O) groups is 1. The van der Waals surface area contributed by atoms with Crippen LogP contribution in [0.1, 0.15) is 27.9 Å². The minimum absolute atomic E-state index is 0.00386. The van der Waals surface area contributed by atoms with Gasteiger partial charge < -0.3 is 14.5 Å². The highest BCUT2D eigenvalue weighted by molar-refractivity contribution is 7.90. The predicted octanol–water partition coefficient (Wildman–Crippen LogP) is 4.17. The van der Waals surface area contributed by atoms with E-state index in [1.54, 1.807) is 4.90 Å². The van der Waals surface area contributed by atoms with Crippen LogP contribution in [0, 0.1) is 6.92 Å². The lowest BCUT2D eigenvalue weighted by atomic mass is 10.1. The largest absolute Gasteiger partial charge is 0.480 e. The van der Waals surface area contributed by atoms with Crippen molar-refractivity contribution < 1.29 is 44.3 Å². The number of benzene rings is 1. The molecule has 0 radical (unpaired) electrons. The van der Waals surface area contributed by atoms with Gasteiger partial charge in [-0.05, 0) is 32.0 Å². The molecule has 194 valence electrons. The molecule has 7 nitrogen and oxygen atoms in total. The first kappa shape index (κ1) is 27.0. The van der Waals surface area contributed by atoms with Crippen LogP contribution in [-0.2, 0) is 16.0 Å². The van der Waals surface area contributed by atoms with Crippen molar-refractivity contribution in [2.24, 2.45) is 0 Å². The van der Waals surface area contributed by atoms with Crippen LogP contribution in [0.5, 0.6) is 5.75 Å². The number of aromatic nitrogens is 1. The van der Waals surface area contributed by atoms with Gasteiger partial charge in [0.2, 0.25) is 0 Å². The van der Waals surface area contributed by atoms with Crippen molar-refractivity contribution in [3.8, 4) is 5.75 Å². The van der Waals surface area contributed by atoms with Gasteiger partial charge >= 0.3 is 12.4 Å². The van der Waals surface area contributed by atoms with Crippen LogP contribution in [0.2, 0.25) is 0 Å². The van der Waals surface area contributed by atoms with Crippen molar-refractivity contribution in [1.82, 2.24) is 9.88 Å². The number of piperazine rings is 1. The first-order valence-corrected chi connectivity index (χ1v) is 12.9. The summed E-state index contributed by atoms with van der Waals surface area (Å²) >= 11 is 0.868. The number of rotatable bonds is 5. The number of nitrogens with zero attached hydrogens (tertiary/aromatic N) is 3. The maximum absolute atomic E-state index is 13.2. The zero-order valence-electron chi connectivity index (χ0n) is 18.7. The summed E-state index contributed by atoms with van der Waals surface area (Å²) < 4.78 is 107. The highest BCUT2D eigenvalue weighted by atomic mass is 32.2. The Balaban J connectivity index is 1.82. The van der Waals surface area contributed by atoms with Gasteiger partial charge in [0.05, 0.1) is 10.5 Å². The fourth-order valence-electron chi connectivity index (χ4n) is 3.32. The third-order valence-corrected chi connectivity index (χ3v) is 7.41. The van der Waals surface area contributed by atoms with E-state index in [2.05, 4.69) is 4.98 Å².